The molecule has 0 atom stereocenters. The summed E-state index contributed by atoms with van der Waals surface area (Å²) in [4.78, 5) is 34.1. The minimum Gasteiger partial charge on any atom is -0.505 e. The average Bonchev–Trinajstić information content (AvgIpc) is 2.78. The van der Waals surface area contributed by atoms with Crippen molar-refractivity contribution in [3.8, 4) is 11.5 Å². The average molecular weight is 414 g/mol. The molecule has 4 heterocycles. The Hall–Kier alpha value is -4.46. The Kier molecular flexibility index (Phi) is 4.25. The maximum Gasteiger partial charge on any atom is 0.344 e. The quantitative estimate of drug-likeness (QED) is 0.461. The molecule has 0 saturated heterocycles. The Morgan fingerprint density at radius 1 is 0.677 bits per heavy atom. The minimum absolute atomic E-state index is 0.0563. The van der Waals surface area contributed by atoms with Gasteiger partial charge >= 0.3 is 11.3 Å². The van der Waals surface area contributed by atoms with Gasteiger partial charge in [0, 0.05) is 12.4 Å². The van der Waals surface area contributed by atoms with Crippen molar-refractivity contribution in [1.29, 1.82) is 0 Å². The number of aromatic hydroxyl groups is 2. The van der Waals surface area contributed by atoms with Gasteiger partial charge in [0.1, 0.15) is 11.0 Å². The molecule has 4 aromatic heterocycles. The molecule has 0 bridgehead atoms. The molecule has 0 amide bonds. The van der Waals surface area contributed by atoms with E-state index in [9.17, 15) is 19.8 Å². The van der Waals surface area contributed by atoms with E-state index in [1.54, 1.807) is 42.5 Å². The number of hydrogen-bond acceptors (Lipinski definition) is 8. The predicted molar refractivity (Wildman–Crippen MR) is 111 cm³/mol. The largest absolute Gasteiger partial charge is 0.505 e. The first-order chi connectivity index (χ1) is 15.1. The molecule has 5 aromatic rings. The van der Waals surface area contributed by atoms with Crippen LogP contribution in [0.5, 0.6) is 11.5 Å². The molecule has 0 aliphatic carbocycles. The van der Waals surface area contributed by atoms with Gasteiger partial charge < -0.3 is 19.0 Å². The summed E-state index contributed by atoms with van der Waals surface area (Å²) in [6.07, 6.45) is 2.88. The molecular weight excluding hydrogens is 400 g/mol. The molecule has 0 aliphatic rings. The van der Waals surface area contributed by atoms with E-state index in [0.29, 0.717) is 5.56 Å². The molecule has 8 nitrogen and oxygen atoms in total. The molecule has 1 aromatic carbocycles. The van der Waals surface area contributed by atoms with Gasteiger partial charge in [-0.1, -0.05) is 30.3 Å². The third kappa shape index (κ3) is 2.93. The highest BCUT2D eigenvalue weighted by atomic mass is 16.4. The van der Waals surface area contributed by atoms with E-state index in [4.69, 9.17) is 8.83 Å². The van der Waals surface area contributed by atoms with Gasteiger partial charge in [-0.15, -0.1) is 0 Å². The maximum atomic E-state index is 12.9. The number of nitrogens with zero attached hydrogens (tertiary/aromatic N) is 2. The zero-order chi connectivity index (χ0) is 21.5. The van der Waals surface area contributed by atoms with Crippen molar-refractivity contribution in [3.05, 3.63) is 105 Å². The molecule has 0 fully saturated rings. The van der Waals surface area contributed by atoms with E-state index < -0.39 is 28.7 Å². The van der Waals surface area contributed by atoms with Crippen LogP contribution in [0.25, 0.3) is 22.2 Å². The lowest BCUT2D eigenvalue weighted by atomic mass is 9.85. The highest BCUT2D eigenvalue weighted by Gasteiger charge is 2.32. The van der Waals surface area contributed by atoms with Gasteiger partial charge in [0.15, 0.2) is 22.7 Å². The lowest BCUT2D eigenvalue weighted by molar-refractivity contribution is 0.439. The standard InChI is InChI=1S/C23H14N2O6/c26-20-16(22(28)30-13-8-4-10-24-18(13)20)15(12-6-2-1-3-7-12)17-21(27)19-14(31-23(17)29)9-5-11-25-19/h1-11,15,26-27H. The minimum atomic E-state index is -1.19. The highest BCUT2D eigenvalue weighted by molar-refractivity contribution is 5.82. The van der Waals surface area contributed by atoms with Crippen LogP contribution in [-0.4, -0.2) is 20.2 Å². The molecule has 152 valence electrons. The monoisotopic (exact) mass is 414 g/mol. The number of pyridine rings is 2. The molecule has 0 unspecified atom stereocenters. The zero-order valence-electron chi connectivity index (χ0n) is 15.9. The Morgan fingerprint density at radius 3 is 1.65 bits per heavy atom. The van der Waals surface area contributed by atoms with Crippen LogP contribution in [-0.2, 0) is 0 Å². The van der Waals surface area contributed by atoms with Gasteiger partial charge in [-0.05, 0) is 29.8 Å². The molecule has 0 spiro atoms. The summed E-state index contributed by atoms with van der Waals surface area (Å²) in [6.45, 7) is 0. The number of hydrogen-bond donors (Lipinski definition) is 2. The normalized spacial score (nSPS) is 11.4. The smallest absolute Gasteiger partial charge is 0.344 e. The third-order valence-corrected chi connectivity index (χ3v) is 5.06. The SMILES string of the molecule is O=c1oc2cccnc2c(O)c1C(c1ccccc1)c1c(O)c2ncccc2oc1=O. The van der Waals surface area contributed by atoms with E-state index in [1.807, 2.05) is 0 Å². The van der Waals surface area contributed by atoms with Crippen molar-refractivity contribution in [2.75, 3.05) is 0 Å². The van der Waals surface area contributed by atoms with Crippen LogP contribution >= 0.6 is 0 Å². The molecule has 0 aliphatic heterocycles. The number of aromatic nitrogens is 2. The Balaban J connectivity index is 1.91. The van der Waals surface area contributed by atoms with Gasteiger partial charge in [-0.25, -0.2) is 19.6 Å². The van der Waals surface area contributed by atoms with Crippen LogP contribution in [0.1, 0.15) is 22.6 Å². The molecular formula is C23H14N2O6. The second kappa shape index (κ2) is 7.10. The summed E-state index contributed by atoms with van der Waals surface area (Å²) in [5.74, 6) is -2.08. The fourth-order valence-corrected chi connectivity index (χ4v) is 3.69. The fraction of sp³-hybridized carbons (Fsp3) is 0.0435. The molecule has 0 radical (unpaired) electrons. The fourth-order valence-electron chi connectivity index (χ4n) is 3.69. The van der Waals surface area contributed by atoms with Crippen molar-refractivity contribution in [2.45, 2.75) is 5.92 Å². The highest BCUT2D eigenvalue weighted by Crippen LogP contribution is 2.40. The van der Waals surface area contributed by atoms with Crippen molar-refractivity contribution in [1.82, 2.24) is 9.97 Å². The topological polar surface area (TPSA) is 127 Å². The number of rotatable bonds is 3. The molecule has 5 rings (SSSR count). The third-order valence-electron chi connectivity index (χ3n) is 5.06. The lowest BCUT2D eigenvalue weighted by Crippen LogP contribution is -2.21. The van der Waals surface area contributed by atoms with E-state index in [-0.39, 0.29) is 33.3 Å². The van der Waals surface area contributed by atoms with Crippen LogP contribution in [0.2, 0.25) is 0 Å². The first kappa shape index (κ1) is 18.6. The summed E-state index contributed by atoms with van der Waals surface area (Å²) in [5.41, 5.74) is -1.46. The maximum absolute atomic E-state index is 12.9. The summed E-state index contributed by atoms with van der Waals surface area (Å²) in [5, 5.41) is 21.9. The van der Waals surface area contributed by atoms with E-state index in [2.05, 4.69) is 9.97 Å². The van der Waals surface area contributed by atoms with Crippen LogP contribution in [0.4, 0.5) is 0 Å². The summed E-state index contributed by atoms with van der Waals surface area (Å²) < 4.78 is 10.7. The first-order valence-electron chi connectivity index (χ1n) is 9.32. The van der Waals surface area contributed by atoms with E-state index >= 15 is 0 Å². The van der Waals surface area contributed by atoms with Crippen molar-refractivity contribution in [2.24, 2.45) is 0 Å². The van der Waals surface area contributed by atoms with Crippen molar-refractivity contribution in [3.63, 3.8) is 0 Å². The summed E-state index contributed by atoms with van der Waals surface area (Å²) in [6, 6.07) is 14.6. The van der Waals surface area contributed by atoms with Crippen molar-refractivity contribution < 1.29 is 19.0 Å². The van der Waals surface area contributed by atoms with E-state index in [1.165, 1.54) is 24.5 Å². The molecule has 8 heteroatoms. The number of benzene rings is 1. The van der Waals surface area contributed by atoms with Crippen LogP contribution in [0, 0.1) is 0 Å². The summed E-state index contributed by atoms with van der Waals surface area (Å²) in [7, 11) is 0. The molecule has 2 N–H and O–H groups in total. The Morgan fingerprint density at radius 2 is 1.16 bits per heavy atom. The second-order valence-electron chi connectivity index (χ2n) is 6.85. The van der Waals surface area contributed by atoms with Crippen LogP contribution in [0.15, 0.2) is 85.4 Å². The van der Waals surface area contributed by atoms with Gasteiger partial charge in [0.05, 0.1) is 17.0 Å². The number of fused-ring (bicyclic) bond motifs is 2. The lowest BCUT2D eigenvalue weighted by Gasteiger charge is -2.19. The van der Waals surface area contributed by atoms with Gasteiger partial charge in [0.2, 0.25) is 0 Å². The summed E-state index contributed by atoms with van der Waals surface area (Å²) >= 11 is 0. The molecule has 0 saturated carbocycles. The second-order valence-corrected chi connectivity index (χ2v) is 6.85. The van der Waals surface area contributed by atoms with Crippen LogP contribution < -0.4 is 11.3 Å². The zero-order valence-corrected chi connectivity index (χ0v) is 15.9. The van der Waals surface area contributed by atoms with Crippen molar-refractivity contribution >= 4 is 22.2 Å². The Bertz CT molecular complexity index is 1460. The first-order valence-corrected chi connectivity index (χ1v) is 9.32. The predicted octanol–water partition coefficient (Wildman–Crippen LogP) is 3.28. The van der Waals surface area contributed by atoms with Gasteiger partial charge in [-0.3, -0.25) is 0 Å². The van der Waals surface area contributed by atoms with Gasteiger partial charge in [-0.2, -0.15) is 0 Å². The Labute approximate surface area is 173 Å². The molecule has 31 heavy (non-hydrogen) atoms. The van der Waals surface area contributed by atoms with E-state index in [0.717, 1.165) is 0 Å². The van der Waals surface area contributed by atoms with Gasteiger partial charge in [0.25, 0.3) is 0 Å². The van der Waals surface area contributed by atoms with Crippen LogP contribution in [0.3, 0.4) is 0 Å².